The minimum absolute atomic E-state index is 0.792. The maximum absolute atomic E-state index is 6.28. The SMILES string of the molecule is C[N+](C)(C)CCCN1C(c2ccccc2)=CSc2ccc(Cl)cc21. The lowest BCUT2D eigenvalue weighted by Crippen LogP contribution is -2.37. The van der Waals surface area contributed by atoms with Crippen LogP contribution in [-0.4, -0.2) is 38.7 Å². The van der Waals surface area contributed by atoms with E-state index in [1.165, 1.54) is 21.8 Å². The molecule has 0 N–H and O–H groups in total. The lowest BCUT2D eigenvalue weighted by molar-refractivity contribution is -0.870. The molecule has 2 nitrogen and oxygen atoms in total. The molecule has 0 amide bonds. The highest BCUT2D eigenvalue weighted by Crippen LogP contribution is 2.43. The summed E-state index contributed by atoms with van der Waals surface area (Å²) in [6.07, 6.45) is 1.13. The number of thioether (sulfide) groups is 1. The Morgan fingerprint density at radius 2 is 1.79 bits per heavy atom. The van der Waals surface area contributed by atoms with E-state index in [2.05, 4.69) is 73.9 Å². The number of rotatable bonds is 5. The number of nitrogens with zero attached hydrogens (tertiary/aromatic N) is 2. The molecule has 2 aromatic rings. The van der Waals surface area contributed by atoms with Crippen LogP contribution in [0.15, 0.2) is 58.8 Å². The van der Waals surface area contributed by atoms with Gasteiger partial charge in [0.05, 0.1) is 39.1 Å². The first-order valence-electron chi connectivity index (χ1n) is 8.24. The zero-order valence-corrected chi connectivity index (χ0v) is 16.1. The van der Waals surface area contributed by atoms with Crippen LogP contribution in [0, 0.1) is 0 Å². The second-order valence-electron chi connectivity index (χ2n) is 7.12. The van der Waals surface area contributed by atoms with Crippen LogP contribution in [0.4, 0.5) is 5.69 Å². The van der Waals surface area contributed by atoms with Crippen molar-refractivity contribution in [2.75, 3.05) is 39.1 Å². The Balaban J connectivity index is 1.92. The van der Waals surface area contributed by atoms with Gasteiger partial charge in [-0.15, -0.1) is 0 Å². The van der Waals surface area contributed by atoms with Crippen LogP contribution in [0.25, 0.3) is 5.70 Å². The first-order chi connectivity index (χ1) is 11.4. The van der Waals surface area contributed by atoms with Crippen LogP contribution >= 0.6 is 23.4 Å². The summed E-state index contributed by atoms with van der Waals surface area (Å²) in [5.41, 5.74) is 3.73. The average molecular weight is 360 g/mol. The van der Waals surface area contributed by atoms with Crippen molar-refractivity contribution < 1.29 is 4.48 Å². The van der Waals surface area contributed by atoms with Crippen molar-refractivity contribution in [3.63, 3.8) is 0 Å². The third kappa shape index (κ3) is 4.15. The van der Waals surface area contributed by atoms with Gasteiger partial charge in [-0.05, 0) is 23.8 Å². The monoisotopic (exact) mass is 359 g/mol. The largest absolute Gasteiger partial charge is 0.339 e. The molecule has 0 saturated carbocycles. The third-order valence-electron chi connectivity index (χ3n) is 4.08. The molecule has 0 aromatic heterocycles. The highest BCUT2D eigenvalue weighted by Gasteiger charge is 2.22. The molecule has 0 bridgehead atoms. The predicted octanol–water partition coefficient (Wildman–Crippen LogP) is 5.35. The fraction of sp³-hybridized carbons (Fsp3) is 0.300. The van der Waals surface area contributed by atoms with Crippen molar-refractivity contribution in [1.82, 2.24) is 0 Å². The van der Waals surface area contributed by atoms with Gasteiger partial charge in [-0.3, -0.25) is 0 Å². The lowest BCUT2D eigenvalue weighted by atomic mass is 10.1. The van der Waals surface area contributed by atoms with Crippen molar-refractivity contribution in [2.45, 2.75) is 11.3 Å². The summed E-state index contributed by atoms with van der Waals surface area (Å²) < 4.78 is 0.982. The summed E-state index contributed by atoms with van der Waals surface area (Å²) in [5.74, 6) is 0. The number of hydrogen-bond acceptors (Lipinski definition) is 2. The van der Waals surface area contributed by atoms with E-state index in [1.54, 1.807) is 11.8 Å². The predicted molar refractivity (Wildman–Crippen MR) is 107 cm³/mol. The topological polar surface area (TPSA) is 3.24 Å². The maximum Gasteiger partial charge on any atom is 0.0797 e. The fourth-order valence-electron chi connectivity index (χ4n) is 2.89. The van der Waals surface area contributed by atoms with Crippen LogP contribution in [0.2, 0.25) is 5.02 Å². The highest BCUT2D eigenvalue weighted by molar-refractivity contribution is 8.02. The Morgan fingerprint density at radius 3 is 2.50 bits per heavy atom. The maximum atomic E-state index is 6.28. The van der Waals surface area contributed by atoms with Crippen LogP contribution in [0.5, 0.6) is 0 Å². The molecular formula is C20H24ClN2S+. The normalized spacial score (nSPS) is 14.3. The molecule has 0 atom stereocenters. The first-order valence-corrected chi connectivity index (χ1v) is 9.50. The quantitative estimate of drug-likeness (QED) is 0.662. The Hall–Kier alpha value is -1.42. The van der Waals surface area contributed by atoms with Crippen molar-refractivity contribution in [2.24, 2.45) is 0 Å². The molecule has 1 heterocycles. The zero-order valence-electron chi connectivity index (χ0n) is 14.5. The number of quaternary nitrogens is 1. The van der Waals surface area contributed by atoms with Crippen molar-refractivity contribution in [3.05, 3.63) is 64.5 Å². The first kappa shape index (κ1) is 17.4. The number of halogens is 1. The highest BCUT2D eigenvalue weighted by atomic mass is 35.5. The van der Waals surface area contributed by atoms with E-state index in [0.29, 0.717) is 0 Å². The van der Waals surface area contributed by atoms with Gasteiger partial charge < -0.3 is 9.38 Å². The van der Waals surface area contributed by atoms with E-state index in [4.69, 9.17) is 11.6 Å². The number of anilines is 1. The summed E-state index contributed by atoms with van der Waals surface area (Å²) >= 11 is 8.06. The molecule has 1 aliphatic rings. The average Bonchev–Trinajstić information content (AvgIpc) is 2.55. The van der Waals surface area contributed by atoms with Crippen molar-refractivity contribution in [1.29, 1.82) is 0 Å². The van der Waals surface area contributed by atoms with Gasteiger partial charge in [0.25, 0.3) is 0 Å². The summed E-state index contributed by atoms with van der Waals surface area (Å²) in [6, 6.07) is 16.8. The second-order valence-corrected chi connectivity index (χ2v) is 8.47. The molecule has 126 valence electrons. The molecule has 0 fully saturated rings. The van der Waals surface area contributed by atoms with E-state index in [9.17, 15) is 0 Å². The Bertz CT molecular complexity index is 735. The minimum Gasteiger partial charge on any atom is -0.339 e. The molecule has 0 radical (unpaired) electrons. The molecule has 3 rings (SSSR count). The van der Waals surface area contributed by atoms with E-state index < -0.39 is 0 Å². The van der Waals surface area contributed by atoms with Gasteiger partial charge in [0, 0.05) is 28.3 Å². The summed E-state index contributed by atoms with van der Waals surface area (Å²) in [7, 11) is 6.72. The van der Waals surface area contributed by atoms with E-state index in [-0.39, 0.29) is 0 Å². The van der Waals surface area contributed by atoms with Gasteiger partial charge in [0.2, 0.25) is 0 Å². The number of benzene rings is 2. The molecule has 2 aromatic carbocycles. The molecule has 4 heteroatoms. The fourth-order valence-corrected chi connectivity index (χ4v) is 4.00. The van der Waals surface area contributed by atoms with E-state index >= 15 is 0 Å². The summed E-state index contributed by atoms with van der Waals surface area (Å²) in [4.78, 5) is 3.69. The van der Waals surface area contributed by atoms with Crippen LogP contribution in [-0.2, 0) is 0 Å². The summed E-state index contributed by atoms with van der Waals surface area (Å²) in [6.45, 7) is 2.13. The van der Waals surface area contributed by atoms with E-state index in [1.807, 2.05) is 6.07 Å². The zero-order chi connectivity index (χ0) is 17.2. The van der Waals surface area contributed by atoms with Crippen molar-refractivity contribution in [3.8, 4) is 0 Å². The molecule has 1 aliphatic heterocycles. The Kier molecular flexibility index (Phi) is 5.24. The molecule has 0 spiro atoms. The number of fused-ring (bicyclic) bond motifs is 1. The number of hydrogen-bond donors (Lipinski definition) is 0. The van der Waals surface area contributed by atoms with Crippen LogP contribution < -0.4 is 4.90 Å². The third-order valence-corrected chi connectivity index (χ3v) is 5.26. The Morgan fingerprint density at radius 1 is 1.04 bits per heavy atom. The van der Waals surface area contributed by atoms with Crippen molar-refractivity contribution >= 4 is 34.7 Å². The molecule has 0 aliphatic carbocycles. The smallest absolute Gasteiger partial charge is 0.0797 e. The van der Waals surface area contributed by atoms with Gasteiger partial charge in [-0.25, -0.2) is 0 Å². The standard InChI is InChI=1S/C20H24ClN2S/c1-23(2,3)13-7-12-22-18-14-17(21)10-11-20(18)24-15-19(22)16-8-5-4-6-9-16/h4-6,8-11,14-15H,7,12-13H2,1-3H3/q+1. The molecule has 24 heavy (non-hydrogen) atoms. The van der Waals surface area contributed by atoms with Crippen LogP contribution in [0.3, 0.4) is 0 Å². The minimum atomic E-state index is 0.792. The van der Waals surface area contributed by atoms with Gasteiger partial charge in [-0.2, -0.15) is 0 Å². The molecular weight excluding hydrogens is 336 g/mol. The van der Waals surface area contributed by atoms with E-state index in [0.717, 1.165) is 29.0 Å². The van der Waals surface area contributed by atoms with Gasteiger partial charge in [0.15, 0.2) is 0 Å². The molecule has 0 saturated heterocycles. The van der Waals surface area contributed by atoms with Crippen LogP contribution in [0.1, 0.15) is 12.0 Å². The van der Waals surface area contributed by atoms with Gasteiger partial charge in [-0.1, -0.05) is 53.7 Å². The Labute approximate surface area is 154 Å². The summed E-state index contributed by atoms with van der Waals surface area (Å²) in [5, 5.41) is 3.05. The van der Waals surface area contributed by atoms with Gasteiger partial charge in [0.1, 0.15) is 0 Å². The second kappa shape index (κ2) is 7.22. The lowest BCUT2D eigenvalue weighted by Gasteiger charge is -2.33. The molecule has 0 unspecified atom stereocenters. The van der Waals surface area contributed by atoms with Gasteiger partial charge >= 0.3 is 0 Å².